The Morgan fingerprint density at radius 1 is 1.24 bits per heavy atom. The maximum Gasteiger partial charge on any atom is 0.248 e. The van der Waals surface area contributed by atoms with Crippen LogP contribution >= 0.6 is 0 Å². The number of aliphatic hydroxyl groups excluding tert-OH is 1. The van der Waals surface area contributed by atoms with E-state index < -0.39 is 24.2 Å². The van der Waals surface area contributed by atoms with Crippen LogP contribution in [-0.4, -0.2) is 64.3 Å². The van der Waals surface area contributed by atoms with Gasteiger partial charge in [-0.2, -0.15) is 0 Å². The van der Waals surface area contributed by atoms with Gasteiger partial charge in [0.25, 0.3) is 0 Å². The van der Waals surface area contributed by atoms with E-state index in [2.05, 4.69) is 6.58 Å². The molecule has 4 rings (SSSR count). The summed E-state index contributed by atoms with van der Waals surface area (Å²) in [6.45, 7) is 3.93. The van der Waals surface area contributed by atoms with Crippen molar-refractivity contribution in [2.24, 2.45) is 0 Å². The van der Waals surface area contributed by atoms with E-state index in [4.69, 9.17) is 9.47 Å². The Labute approximate surface area is 169 Å². The van der Waals surface area contributed by atoms with Gasteiger partial charge in [-0.05, 0) is 17.2 Å². The molecule has 7 heteroatoms. The minimum Gasteiger partial charge on any atom is -0.473 e. The molecule has 3 aliphatic heterocycles. The molecule has 29 heavy (non-hydrogen) atoms. The van der Waals surface area contributed by atoms with E-state index in [9.17, 15) is 14.7 Å². The lowest BCUT2D eigenvalue weighted by molar-refractivity contribution is -0.168. The summed E-state index contributed by atoms with van der Waals surface area (Å²) in [7, 11) is 0. The molecule has 4 atom stereocenters. The Kier molecular flexibility index (Phi) is 5.51. The van der Waals surface area contributed by atoms with E-state index in [1.807, 2.05) is 30.3 Å². The number of rotatable bonds is 6. The van der Waals surface area contributed by atoms with Gasteiger partial charge in [0, 0.05) is 12.8 Å². The molecule has 3 heterocycles. The topological polar surface area (TPSA) is 79.3 Å². The molecule has 7 nitrogen and oxygen atoms in total. The van der Waals surface area contributed by atoms with Crippen molar-refractivity contribution in [2.45, 2.75) is 37.1 Å². The zero-order valence-corrected chi connectivity index (χ0v) is 16.0. The highest BCUT2D eigenvalue weighted by molar-refractivity contribution is 5.98. The van der Waals surface area contributed by atoms with Gasteiger partial charge in [-0.25, -0.2) is 0 Å². The van der Waals surface area contributed by atoms with Gasteiger partial charge >= 0.3 is 0 Å². The molecule has 0 spiro atoms. The van der Waals surface area contributed by atoms with Crippen LogP contribution in [-0.2, 0) is 25.5 Å². The number of aliphatic hydroxyl groups is 1. The van der Waals surface area contributed by atoms with E-state index in [1.54, 1.807) is 6.08 Å². The summed E-state index contributed by atoms with van der Waals surface area (Å²) in [5.41, 5.74) is 1.69. The van der Waals surface area contributed by atoms with Crippen LogP contribution in [0.4, 0.5) is 0 Å². The number of ether oxygens (including phenoxy) is 2. The third-order valence-electron chi connectivity index (χ3n) is 5.56. The molecule has 2 amide bonds. The van der Waals surface area contributed by atoms with Gasteiger partial charge in [-0.15, -0.1) is 6.58 Å². The first-order valence-electron chi connectivity index (χ1n) is 9.66. The lowest BCUT2D eigenvalue weighted by Gasteiger charge is -2.44. The average Bonchev–Trinajstić information content (AvgIpc) is 3.03. The van der Waals surface area contributed by atoms with Crippen molar-refractivity contribution in [2.75, 3.05) is 13.3 Å². The number of amides is 2. The van der Waals surface area contributed by atoms with Crippen molar-refractivity contribution in [3.63, 3.8) is 0 Å². The minimum absolute atomic E-state index is 0.0150. The van der Waals surface area contributed by atoms with Crippen LogP contribution in [0.2, 0.25) is 0 Å². The van der Waals surface area contributed by atoms with Gasteiger partial charge in [0.05, 0.1) is 31.3 Å². The molecule has 1 aromatic carbocycles. The summed E-state index contributed by atoms with van der Waals surface area (Å²) in [5.74, 6) is -0.372. The van der Waals surface area contributed by atoms with Crippen molar-refractivity contribution in [1.29, 1.82) is 0 Å². The van der Waals surface area contributed by atoms with Gasteiger partial charge in [-0.3, -0.25) is 9.59 Å². The number of nitrogens with zero attached hydrogens (tertiary/aromatic N) is 2. The highest BCUT2D eigenvalue weighted by Crippen LogP contribution is 2.38. The highest BCUT2D eigenvalue weighted by Gasteiger charge is 2.54. The highest BCUT2D eigenvalue weighted by atomic mass is 16.5. The predicted molar refractivity (Wildman–Crippen MR) is 105 cm³/mol. The van der Waals surface area contributed by atoms with E-state index >= 15 is 0 Å². The van der Waals surface area contributed by atoms with E-state index in [0.29, 0.717) is 12.8 Å². The quantitative estimate of drug-likeness (QED) is 0.580. The van der Waals surface area contributed by atoms with Gasteiger partial charge in [0.15, 0.2) is 0 Å². The molecule has 0 aliphatic carbocycles. The first kappa shape index (κ1) is 19.4. The molecular weight excluding hydrogens is 372 g/mol. The molecule has 1 aromatic rings. The Hall–Kier alpha value is -2.90. The number of hydrogen-bond donors (Lipinski definition) is 1. The van der Waals surface area contributed by atoms with Crippen molar-refractivity contribution in [3.05, 3.63) is 72.7 Å². The molecule has 152 valence electrons. The number of carbonyl (C=O) groups is 2. The lowest BCUT2D eigenvalue weighted by atomic mass is 9.98. The van der Waals surface area contributed by atoms with Crippen LogP contribution in [0, 0.1) is 0 Å². The number of piperazine rings is 1. The fraction of sp³-hybridized carbons (Fsp3) is 0.364. The van der Waals surface area contributed by atoms with Gasteiger partial charge in [-0.1, -0.05) is 36.4 Å². The first-order chi connectivity index (χ1) is 14.1. The fourth-order valence-corrected chi connectivity index (χ4v) is 4.24. The number of carbonyl (C=O) groups excluding carboxylic acids is 2. The fourth-order valence-electron chi connectivity index (χ4n) is 4.24. The number of fused-ring (bicyclic) bond motifs is 3. The Morgan fingerprint density at radius 2 is 2.03 bits per heavy atom. The van der Waals surface area contributed by atoms with E-state index in [1.165, 1.54) is 28.4 Å². The van der Waals surface area contributed by atoms with Gasteiger partial charge < -0.3 is 24.4 Å². The van der Waals surface area contributed by atoms with Crippen LogP contribution < -0.4 is 0 Å². The third kappa shape index (κ3) is 3.59. The molecule has 0 unspecified atom stereocenters. The summed E-state index contributed by atoms with van der Waals surface area (Å²) in [6, 6.07) is 7.61. The second-order valence-corrected chi connectivity index (χ2v) is 7.36. The van der Waals surface area contributed by atoms with E-state index in [0.717, 1.165) is 11.1 Å². The molecule has 0 aromatic heterocycles. The molecule has 3 aliphatic rings. The average molecular weight is 396 g/mol. The first-order valence-corrected chi connectivity index (χ1v) is 9.66. The second kappa shape index (κ2) is 8.23. The molecule has 0 saturated carbocycles. The maximum atomic E-state index is 13.6. The zero-order chi connectivity index (χ0) is 20.4. The van der Waals surface area contributed by atoms with Crippen LogP contribution in [0.15, 0.2) is 67.2 Å². The van der Waals surface area contributed by atoms with Gasteiger partial charge in [0.2, 0.25) is 11.8 Å². The molecular formula is C22H24N2O5. The SMILES string of the molecule is C=CCOCN1C(=O)[C@@H]2CC3=COC=C[C@H](O)[C@H]3N2C(=O)[C@@H]1Cc1ccccc1. The summed E-state index contributed by atoms with van der Waals surface area (Å²) < 4.78 is 10.8. The van der Waals surface area contributed by atoms with Crippen molar-refractivity contribution in [3.8, 4) is 0 Å². The van der Waals surface area contributed by atoms with Crippen molar-refractivity contribution in [1.82, 2.24) is 9.80 Å². The van der Waals surface area contributed by atoms with E-state index in [-0.39, 0.29) is 25.2 Å². The summed E-state index contributed by atoms with van der Waals surface area (Å²) in [5, 5.41) is 10.6. The normalized spacial score (nSPS) is 28.4. The molecule has 2 fully saturated rings. The summed E-state index contributed by atoms with van der Waals surface area (Å²) >= 11 is 0. The monoisotopic (exact) mass is 396 g/mol. The third-order valence-corrected chi connectivity index (χ3v) is 5.56. The summed E-state index contributed by atoms with van der Waals surface area (Å²) in [4.78, 5) is 30.0. The zero-order valence-electron chi connectivity index (χ0n) is 16.0. The molecule has 1 N–H and O–H groups in total. The summed E-state index contributed by atoms with van der Waals surface area (Å²) in [6.07, 6.45) is 5.82. The Bertz CT molecular complexity index is 850. The van der Waals surface area contributed by atoms with Crippen LogP contribution in [0.25, 0.3) is 0 Å². The van der Waals surface area contributed by atoms with Gasteiger partial charge in [0.1, 0.15) is 18.8 Å². The van der Waals surface area contributed by atoms with Crippen molar-refractivity contribution >= 4 is 11.8 Å². The van der Waals surface area contributed by atoms with Crippen molar-refractivity contribution < 1.29 is 24.2 Å². The Morgan fingerprint density at radius 3 is 2.79 bits per heavy atom. The lowest BCUT2D eigenvalue weighted by Crippen LogP contribution is -2.66. The number of hydrogen-bond acceptors (Lipinski definition) is 5. The second-order valence-electron chi connectivity index (χ2n) is 7.36. The number of benzene rings is 1. The van der Waals surface area contributed by atoms with Crippen LogP contribution in [0.5, 0.6) is 0 Å². The molecule has 0 radical (unpaired) electrons. The van der Waals surface area contributed by atoms with Crippen LogP contribution in [0.3, 0.4) is 0 Å². The maximum absolute atomic E-state index is 13.6. The molecule has 0 bridgehead atoms. The van der Waals surface area contributed by atoms with Crippen LogP contribution in [0.1, 0.15) is 12.0 Å². The molecule has 2 saturated heterocycles. The Balaban J connectivity index is 1.67. The largest absolute Gasteiger partial charge is 0.473 e. The standard InChI is InChI=1S/C22H24N2O5/c1-2-9-29-14-23-17(11-15-6-4-3-5-7-15)22(27)24-18(21(23)26)12-16-13-28-10-8-19(25)20(16)24/h2-8,10,13,17-20,25H,1,9,11-12,14H2/t17-,18-,19-,20-/m0/s1. The minimum atomic E-state index is -0.925. The predicted octanol–water partition coefficient (Wildman–Crippen LogP) is 1.36. The smallest absolute Gasteiger partial charge is 0.248 e.